The Kier molecular flexibility index (Phi) is 37.8. The number of nitrogens with zero attached hydrogens (tertiary/aromatic N) is 3. The van der Waals surface area contributed by atoms with E-state index in [1.165, 1.54) is 0 Å². The largest absolute Gasteiger partial charge is 0.465 e. The summed E-state index contributed by atoms with van der Waals surface area (Å²) in [5, 5.41) is 7.42. The molecule has 0 aromatic carbocycles. The third-order valence-electron chi connectivity index (χ3n) is 7.04. The molecule has 0 heterocycles. The molecule has 0 fully saturated rings. The molecule has 306 valence electrons. The maximum absolute atomic E-state index is 11.5. The number of carbonyl (C=O) groups excluding carboxylic acids is 4. The highest BCUT2D eigenvalue weighted by Gasteiger charge is 2.14. The summed E-state index contributed by atoms with van der Waals surface area (Å²) < 4.78 is 4.99. The second-order valence-electron chi connectivity index (χ2n) is 15.1. The number of thioether (sulfide) groups is 2. The summed E-state index contributed by atoms with van der Waals surface area (Å²) in [5.74, 6) is 2.70. The lowest BCUT2D eigenvalue weighted by atomic mass is 10.2. The number of rotatable bonds is 20. The lowest BCUT2D eigenvalue weighted by Gasteiger charge is -2.25. The minimum absolute atomic E-state index is 0.00551. The number of esters is 1. The van der Waals surface area contributed by atoms with E-state index in [0.29, 0.717) is 29.2 Å². The molecule has 12 heteroatoms. The molecule has 10 nitrogen and oxygen atoms in total. The van der Waals surface area contributed by atoms with Gasteiger partial charge in [0.2, 0.25) is 17.7 Å². The Labute approximate surface area is 324 Å². The summed E-state index contributed by atoms with van der Waals surface area (Å²) >= 11 is 3.68. The number of carbonyl (C=O) groups is 4. The van der Waals surface area contributed by atoms with Crippen molar-refractivity contribution < 1.29 is 23.9 Å². The van der Waals surface area contributed by atoms with E-state index in [9.17, 15) is 19.2 Å². The van der Waals surface area contributed by atoms with Gasteiger partial charge in [-0.05, 0) is 31.4 Å². The van der Waals surface area contributed by atoms with Gasteiger partial charge in [0.15, 0.2) is 0 Å². The molecule has 0 aromatic heterocycles. The zero-order valence-electron chi connectivity index (χ0n) is 36.5. The fraction of sp³-hybridized carbons (Fsp3) is 0.897. The highest BCUT2D eigenvalue weighted by molar-refractivity contribution is 8.00. The first-order valence-corrected chi connectivity index (χ1v) is 21.1. The van der Waals surface area contributed by atoms with Crippen LogP contribution in [0.3, 0.4) is 0 Å². The molecule has 3 amide bonds. The molecule has 0 radical (unpaired) electrons. The molecule has 0 bridgehead atoms. The predicted molar refractivity (Wildman–Crippen MR) is 225 cm³/mol. The summed E-state index contributed by atoms with van der Waals surface area (Å²) in [4.78, 5) is 50.8. The second-order valence-corrected chi connectivity index (χ2v) is 18.5. The normalized spacial score (nSPS) is 11.1. The van der Waals surface area contributed by atoms with Gasteiger partial charge in [0.25, 0.3) is 0 Å². The Bertz CT molecular complexity index is 852. The average molecular weight is 766 g/mol. The molecule has 0 rings (SSSR count). The molecule has 0 aliphatic rings. The van der Waals surface area contributed by atoms with Gasteiger partial charge in [0.05, 0.1) is 5.92 Å². The third kappa shape index (κ3) is 39.5. The second kappa shape index (κ2) is 34.3. The molecule has 0 aromatic rings. The van der Waals surface area contributed by atoms with Crippen molar-refractivity contribution in [1.29, 1.82) is 0 Å². The fourth-order valence-corrected chi connectivity index (χ4v) is 4.80. The first-order valence-electron chi connectivity index (χ1n) is 19.0. The summed E-state index contributed by atoms with van der Waals surface area (Å²) in [7, 11) is 5.80. The van der Waals surface area contributed by atoms with Gasteiger partial charge in [0, 0.05) is 88.2 Å². The number of likely N-dealkylation sites (N-methyl/N-ethyl adjacent to an activating group) is 3. The van der Waals surface area contributed by atoms with Crippen LogP contribution in [0.1, 0.15) is 111 Å². The standard InChI is InChI=1S/C11H24N2O.C10H22N2O.C9H19NOS.C9H18O2S/c1-9(2)11(14)13(6)8-7-12(5)10(3)4;1-8(2)10(13)12(5)7-6-11-9(3)4;1-7(2)9(11)10-5-6-12-8(3)4;1-7(2)9(10)11-5-6-12-8(3)4/h9-10H,7-8H2,1-6H3;8-9,11H,6-7H2,1-5H3;7-8H,5-6H2,1-4H3,(H,10,11);7-8H,5-6H2,1-4H3. The van der Waals surface area contributed by atoms with Crippen LogP contribution in [0.2, 0.25) is 0 Å². The van der Waals surface area contributed by atoms with Gasteiger partial charge < -0.3 is 30.1 Å². The molecular formula is C39H83N5O5S2. The highest BCUT2D eigenvalue weighted by atomic mass is 32.2. The number of amides is 3. The lowest BCUT2D eigenvalue weighted by molar-refractivity contribution is -0.146. The van der Waals surface area contributed by atoms with E-state index in [4.69, 9.17) is 4.74 Å². The average Bonchev–Trinajstić information content (AvgIpc) is 3.02. The first-order chi connectivity index (χ1) is 23.4. The maximum Gasteiger partial charge on any atom is 0.308 e. The Morgan fingerprint density at radius 2 is 1.02 bits per heavy atom. The summed E-state index contributed by atoms with van der Waals surface area (Å²) in [6.45, 7) is 37.1. The van der Waals surface area contributed by atoms with Crippen LogP contribution >= 0.6 is 23.5 Å². The van der Waals surface area contributed by atoms with Crippen LogP contribution in [0, 0.1) is 23.7 Å². The molecule has 0 unspecified atom stereocenters. The van der Waals surface area contributed by atoms with Crippen molar-refractivity contribution in [2.24, 2.45) is 23.7 Å². The minimum Gasteiger partial charge on any atom is -0.465 e. The van der Waals surface area contributed by atoms with Gasteiger partial charge in [0.1, 0.15) is 6.61 Å². The molecular weight excluding hydrogens is 683 g/mol. The lowest BCUT2D eigenvalue weighted by Crippen LogP contribution is -2.38. The van der Waals surface area contributed by atoms with Crippen LogP contribution in [-0.2, 0) is 23.9 Å². The van der Waals surface area contributed by atoms with E-state index >= 15 is 0 Å². The Hall–Kier alpha value is -1.50. The van der Waals surface area contributed by atoms with Gasteiger partial charge in [-0.25, -0.2) is 0 Å². The number of nitrogens with one attached hydrogen (secondary N) is 2. The van der Waals surface area contributed by atoms with Gasteiger partial charge in [-0.3, -0.25) is 19.2 Å². The van der Waals surface area contributed by atoms with Crippen LogP contribution in [0.5, 0.6) is 0 Å². The van der Waals surface area contributed by atoms with E-state index in [-0.39, 0.29) is 47.4 Å². The first kappa shape index (κ1) is 56.2. The van der Waals surface area contributed by atoms with Crippen molar-refractivity contribution in [2.45, 2.75) is 133 Å². The van der Waals surface area contributed by atoms with E-state index in [1.54, 1.807) is 4.90 Å². The fourth-order valence-electron chi connectivity index (χ4n) is 3.45. The number of ether oxygens (including phenoxy) is 1. The van der Waals surface area contributed by atoms with E-state index in [1.807, 2.05) is 97.9 Å². The maximum atomic E-state index is 11.5. The van der Waals surface area contributed by atoms with Crippen molar-refractivity contribution in [3.8, 4) is 0 Å². The van der Waals surface area contributed by atoms with Gasteiger partial charge >= 0.3 is 5.97 Å². The summed E-state index contributed by atoms with van der Waals surface area (Å²) in [5.41, 5.74) is 0. The van der Waals surface area contributed by atoms with Crippen LogP contribution in [0.15, 0.2) is 0 Å². The molecule has 0 spiro atoms. The quantitative estimate of drug-likeness (QED) is 0.103. The topological polar surface area (TPSA) is 111 Å². The zero-order chi connectivity index (χ0) is 40.9. The van der Waals surface area contributed by atoms with E-state index in [2.05, 4.69) is 78.0 Å². The number of hydrogen-bond acceptors (Lipinski definition) is 9. The van der Waals surface area contributed by atoms with Gasteiger partial charge in [-0.1, -0.05) is 96.9 Å². The Morgan fingerprint density at radius 1 is 0.569 bits per heavy atom. The molecule has 0 saturated heterocycles. The van der Waals surface area contributed by atoms with Crippen LogP contribution in [0.25, 0.3) is 0 Å². The predicted octanol–water partition coefficient (Wildman–Crippen LogP) is 6.77. The molecule has 0 aliphatic heterocycles. The van der Waals surface area contributed by atoms with Gasteiger partial charge in [-0.2, -0.15) is 23.5 Å². The third-order valence-corrected chi connectivity index (χ3v) is 9.21. The van der Waals surface area contributed by atoms with Crippen molar-refractivity contribution in [3.05, 3.63) is 0 Å². The monoisotopic (exact) mass is 766 g/mol. The highest BCUT2D eigenvalue weighted by Crippen LogP contribution is 2.09. The van der Waals surface area contributed by atoms with Crippen LogP contribution in [0.4, 0.5) is 0 Å². The van der Waals surface area contributed by atoms with Crippen molar-refractivity contribution in [3.63, 3.8) is 0 Å². The zero-order valence-corrected chi connectivity index (χ0v) is 38.1. The summed E-state index contributed by atoms with van der Waals surface area (Å²) in [6, 6.07) is 1.03. The summed E-state index contributed by atoms with van der Waals surface area (Å²) in [6.07, 6.45) is 0. The van der Waals surface area contributed by atoms with Crippen molar-refractivity contribution >= 4 is 47.2 Å². The van der Waals surface area contributed by atoms with Crippen LogP contribution in [-0.4, -0.2) is 133 Å². The smallest absolute Gasteiger partial charge is 0.308 e. The molecule has 0 aliphatic carbocycles. The van der Waals surface area contributed by atoms with E-state index < -0.39 is 0 Å². The van der Waals surface area contributed by atoms with Gasteiger partial charge in [-0.15, -0.1) is 0 Å². The Balaban J connectivity index is -0.000000289. The Morgan fingerprint density at radius 3 is 1.39 bits per heavy atom. The molecule has 51 heavy (non-hydrogen) atoms. The van der Waals surface area contributed by atoms with E-state index in [0.717, 1.165) is 44.2 Å². The molecule has 2 N–H and O–H groups in total. The molecule has 0 saturated carbocycles. The number of hydrogen-bond donors (Lipinski definition) is 2. The van der Waals surface area contributed by atoms with Crippen molar-refractivity contribution in [1.82, 2.24) is 25.3 Å². The molecule has 0 atom stereocenters. The SMILES string of the molecule is CC(C)C(=O)N(C)CCN(C)C(C)C.CC(C)NCCN(C)C(=O)C(C)C.CC(C)SCCNC(=O)C(C)C.CC(C)SCCOC(=O)C(C)C. The van der Waals surface area contributed by atoms with Crippen molar-refractivity contribution in [2.75, 3.05) is 72.0 Å². The van der Waals surface area contributed by atoms with Crippen LogP contribution < -0.4 is 10.6 Å². The minimum atomic E-state index is -0.0978.